The van der Waals surface area contributed by atoms with Gasteiger partial charge < -0.3 is 15.3 Å². The normalized spacial score (nSPS) is 19.8. The molecule has 2 unspecified atom stereocenters. The first-order valence-corrected chi connectivity index (χ1v) is 6.82. The van der Waals surface area contributed by atoms with E-state index in [1.807, 2.05) is 0 Å². The summed E-state index contributed by atoms with van der Waals surface area (Å²) in [5.41, 5.74) is 1.29. The van der Waals surface area contributed by atoms with Crippen LogP contribution in [0.4, 0.5) is 10.5 Å². The van der Waals surface area contributed by atoms with Gasteiger partial charge >= 0.3 is 6.03 Å². The minimum atomic E-state index is -0.386. The quantitative estimate of drug-likeness (QED) is 0.831. The minimum Gasteiger partial charge on any atom is -0.393 e. The summed E-state index contributed by atoms with van der Waals surface area (Å²) in [5.74, 6) is 0.156. The van der Waals surface area contributed by atoms with Gasteiger partial charge in [-0.15, -0.1) is 0 Å². The van der Waals surface area contributed by atoms with Gasteiger partial charge in [0.15, 0.2) is 5.78 Å². The molecule has 108 valence electrons. The lowest BCUT2D eigenvalue weighted by Gasteiger charge is -2.18. The Bertz CT molecular complexity index is 496. The summed E-state index contributed by atoms with van der Waals surface area (Å²) < 4.78 is 0. The molecule has 1 saturated heterocycles. The number of nitrogens with zero attached hydrogens (tertiary/aromatic N) is 1. The van der Waals surface area contributed by atoms with E-state index in [0.29, 0.717) is 24.3 Å². The second-order valence-corrected chi connectivity index (χ2v) is 5.30. The topological polar surface area (TPSA) is 69.6 Å². The molecule has 0 saturated carbocycles. The molecule has 20 heavy (non-hydrogen) atoms. The largest absolute Gasteiger partial charge is 0.393 e. The van der Waals surface area contributed by atoms with Gasteiger partial charge in [-0.2, -0.15) is 0 Å². The second kappa shape index (κ2) is 6.05. The van der Waals surface area contributed by atoms with Crippen molar-refractivity contribution in [3.05, 3.63) is 29.8 Å². The van der Waals surface area contributed by atoms with E-state index in [0.717, 1.165) is 6.42 Å². The maximum Gasteiger partial charge on any atom is 0.321 e. The number of hydrogen-bond acceptors (Lipinski definition) is 3. The molecular weight excluding hydrogens is 256 g/mol. The Labute approximate surface area is 118 Å². The molecule has 0 aromatic heterocycles. The van der Waals surface area contributed by atoms with Crippen molar-refractivity contribution < 1.29 is 14.7 Å². The number of ketones is 1. The van der Waals surface area contributed by atoms with Crippen molar-refractivity contribution in [1.82, 2.24) is 4.90 Å². The Hall–Kier alpha value is -1.88. The highest BCUT2D eigenvalue weighted by Gasteiger charge is 2.28. The first-order chi connectivity index (χ1) is 9.47. The van der Waals surface area contributed by atoms with Crippen LogP contribution < -0.4 is 5.32 Å². The summed E-state index contributed by atoms with van der Waals surface area (Å²) in [6.45, 7) is 4.50. The fourth-order valence-electron chi connectivity index (χ4n) is 2.36. The van der Waals surface area contributed by atoms with Crippen molar-refractivity contribution in [2.75, 3.05) is 18.4 Å². The number of rotatable bonds is 3. The third kappa shape index (κ3) is 3.36. The number of nitrogens with one attached hydrogen (secondary N) is 1. The van der Waals surface area contributed by atoms with Crippen LogP contribution in [-0.2, 0) is 0 Å². The van der Waals surface area contributed by atoms with Crippen molar-refractivity contribution in [3.63, 3.8) is 0 Å². The van der Waals surface area contributed by atoms with Crippen molar-refractivity contribution in [3.8, 4) is 0 Å². The molecule has 1 aliphatic heterocycles. The maximum atomic E-state index is 12.1. The first-order valence-electron chi connectivity index (χ1n) is 6.82. The van der Waals surface area contributed by atoms with Gasteiger partial charge in [0.1, 0.15) is 0 Å². The van der Waals surface area contributed by atoms with Crippen molar-refractivity contribution in [2.24, 2.45) is 5.92 Å². The fraction of sp³-hybridized carbons (Fsp3) is 0.467. The standard InChI is InChI=1S/C15H20N2O3/c1-10(18)12-3-5-14(6-4-12)16-15(20)17-8-7-13(9-17)11(2)19/h3-6,11,13,19H,7-9H2,1-2H3,(H,16,20). The molecule has 2 atom stereocenters. The van der Waals surface area contributed by atoms with Gasteiger partial charge in [0.25, 0.3) is 0 Å². The van der Waals surface area contributed by atoms with E-state index in [9.17, 15) is 14.7 Å². The lowest BCUT2D eigenvalue weighted by molar-refractivity contribution is 0.101. The average molecular weight is 276 g/mol. The van der Waals surface area contributed by atoms with Gasteiger partial charge in [0, 0.05) is 30.3 Å². The van der Waals surface area contributed by atoms with Crippen molar-refractivity contribution in [1.29, 1.82) is 0 Å². The third-order valence-corrected chi connectivity index (χ3v) is 3.74. The van der Waals surface area contributed by atoms with Gasteiger partial charge in [-0.3, -0.25) is 4.79 Å². The van der Waals surface area contributed by atoms with Gasteiger partial charge in [0.05, 0.1) is 6.10 Å². The number of anilines is 1. The number of amides is 2. The molecule has 2 rings (SSSR count). The second-order valence-electron chi connectivity index (χ2n) is 5.30. The smallest absolute Gasteiger partial charge is 0.321 e. The zero-order valence-corrected chi connectivity index (χ0v) is 11.8. The molecular formula is C15H20N2O3. The monoisotopic (exact) mass is 276 g/mol. The number of aliphatic hydroxyl groups excluding tert-OH is 1. The molecule has 1 fully saturated rings. The van der Waals surface area contributed by atoms with Crippen molar-refractivity contribution >= 4 is 17.5 Å². The van der Waals surface area contributed by atoms with E-state index >= 15 is 0 Å². The highest BCUT2D eigenvalue weighted by atomic mass is 16.3. The number of urea groups is 1. The predicted octanol–water partition coefficient (Wildman–Crippen LogP) is 2.12. The van der Waals surface area contributed by atoms with Gasteiger partial charge in [-0.25, -0.2) is 4.79 Å². The molecule has 2 amide bonds. The lowest BCUT2D eigenvalue weighted by atomic mass is 10.0. The van der Waals surface area contributed by atoms with Crippen LogP contribution in [0.15, 0.2) is 24.3 Å². The fourth-order valence-corrected chi connectivity index (χ4v) is 2.36. The highest BCUT2D eigenvalue weighted by molar-refractivity contribution is 5.95. The van der Waals surface area contributed by atoms with Gasteiger partial charge in [-0.1, -0.05) is 0 Å². The Balaban J connectivity index is 1.93. The minimum absolute atomic E-state index is 0.00203. The number of aliphatic hydroxyl groups is 1. The molecule has 1 aromatic carbocycles. The van der Waals surface area contributed by atoms with Gasteiger partial charge in [0.2, 0.25) is 0 Å². The zero-order valence-electron chi connectivity index (χ0n) is 11.8. The molecule has 1 aliphatic rings. The summed E-state index contributed by atoms with van der Waals surface area (Å²) in [7, 11) is 0. The van der Waals surface area contributed by atoms with E-state index in [1.54, 1.807) is 36.1 Å². The number of hydrogen-bond donors (Lipinski definition) is 2. The molecule has 0 aliphatic carbocycles. The van der Waals surface area contributed by atoms with E-state index in [1.165, 1.54) is 6.92 Å². The van der Waals surface area contributed by atoms with Crippen molar-refractivity contribution in [2.45, 2.75) is 26.4 Å². The Morgan fingerprint density at radius 1 is 1.35 bits per heavy atom. The number of carbonyl (C=O) groups excluding carboxylic acids is 2. The van der Waals surface area contributed by atoms with Crippen LogP contribution in [-0.4, -0.2) is 41.0 Å². The molecule has 1 heterocycles. The van der Waals surface area contributed by atoms with Gasteiger partial charge in [-0.05, 0) is 44.5 Å². The Morgan fingerprint density at radius 2 is 2.00 bits per heavy atom. The Kier molecular flexibility index (Phi) is 4.39. The molecule has 0 radical (unpaired) electrons. The molecule has 5 heteroatoms. The van der Waals surface area contributed by atoms with Crippen LogP contribution >= 0.6 is 0 Å². The first kappa shape index (κ1) is 14.5. The summed E-state index contributed by atoms with van der Waals surface area (Å²) in [5, 5.41) is 12.3. The summed E-state index contributed by atoms with van der Waals surface area (Å²) in [4.78, 5) is 24.9. The summed E-state index contributed by atoms with van der Waals surface area (Å²) in [6.07, 6.45) is 0.441. The number of likely N-dealkylation sites (tertiary alicyclic amines) is 1. The lowest BCUT2D eigenvalue weighted by Crippen LogP contribution is -2.34. The zero-order chi connectivity index (χ0) is 14.7. The molecule has 2 N–H and O–H groups in total. The molecule has 0 bridgehead atoms. The Morgan fingerprint density at radius 3 is 2.50 bits per heavy atom. The van der Waals surface area contributed by atoms with Crippen LogP contribution in [0.25, 0.3) is 0 Å². The molecule has 1 aromatic rings. The van der Waals surface area contributed by atoms with Crippen LogP contribution in [0, 0.1) is 5.92 Å². The van der Waals surface area contributed by atoms with E-state index in [4.69, 9.17) is 0 Å². The SMILES string of the molecule is CC(=O)c1ccc(NC(=O)N2CCC(C(C)O)C2)cc1. The highest BCUT2D eigenvalue weighted by Crippen LogP contribution is 2.20. The average Bonchev–Trinajstić information content (AvgIpc) is 2.89. The summed E-state index contributed by atoms with van der Waals surface area (Å²) >= 11 is 0. The number of benzene rings is 1. The predicted molar refractivity (Wildman–Crippen MR) is 76.8 cm³/mol. The maximum absolute atomic E-state index is 12.1. The molecule has 0 spiro atoms. The van der Waals surface area contributed by atoms with Crippen LogP contribution in [0.5, 0.6) is 0 Å². The van der Waals surface area contributed by atoms with E-state index in [2.05, 4.69) is 5.32 Å². The third-order valence-electron chi connectivity index (χ3n) is 3.74. The van der Waals surface area contributed by atoms with E-state index < -0.39 is 0 Å². The number of carbonyl (C=O) groups is 2. The van der Waals surface area contributed by atoms with E-state index in [-0.39, 0.29) is 23.8 Å². The number of Topliss-reactive ketones (excluding diaryl/α,β-unsaturated/α-hetero) is 1. The van der Waals surface area contributed by atoms with Crippen LogP contribution in [0.3, 0.4) is 0 Å². The van der Waals surface area contributed by atoms with Crippen LogP contribution in [0.2, 0.25) is 0 Å². The van der Waals surface area contributed by atoms with Crippen LogP contribution in [0.1, 0.15) is 30.6 Å². The summed E-state index contributed by atoms with van der Waals surface area (Å²) in [6, 6.07) is 6.66. The molecule has 5 nitrogen and oxygen atoms in total.